The van der Waals surface area contributed by atoms with E-state index in [0.29, 0.717) is 22.5 Å². The normalized spacial score (nSPS) is 11.5. The fraction of sp³-hybridized carbons (Fsp3) is 0.167. The predicted molar refractivity (Wildman–Crippen MR) is 127 cm³/mol. The smallest absolute Gasteiger partial charge is 0.326 e. The van der Waals surface area contributed by atoms with Crippen LogP contribution in [-0.2, 0) is 11.2 Å². The van der Waals surface area contributed by atoms with E-state index in [4.69, 9.17) is 23.2 Å². The van der Waals surface area contributed by atoms with Gasteiger partial charge in [0.05, 0.1) is 26.9 Å². The van der Waals surface area contributed by atoms with Crippen LogP contribution in [0.3, 0.4) is 0 Å². The number of aliphatic carboxylic acids is 1. The first-order chi connectivity index (χ1) is 15.7. The minimum Gasteiger partial charge on any atom is -0.480 e. The molecule has 1 unspecified atom stereocenters. The van der Waals surface area contributed by atoms with Crippen molar-refractivity contribution >= 4 is 46.7 Å². The first kappa shape index (κ1) is 24.2. The molecular weight excluding hydrogens is 465 g/mol. The van der Waals surface area contributed by atoms with Gasteiger partial charge in [0.1, 0.15) is 6.04 Å². The summed E-state index contributed by atoms with van der Waals surface area (Å²) in [6, 6.07) is 11.9. The number of hydrogen-bond acceptors (Lipinski definition) is 4. The maximum Gasteiger partial charge on any atom is 0.326 e. The first-order valence-corrected chi connectivity index (χ1v) is 10.7. The van der Waals surface area contributed by atoms with Crippen molar-refractivity contribution in [3.05, 3.63) is 92.7 Å². The lowest BCUT2D eigenvalue weighted by atomic mass is 10.0. The molecule has 3 rings (SSSR count). The van der Waals surface area contributed by atoms with E-state index in [1.807, 2.05) is 6.92 Å². The van der Waals surface area contributed by atoms with Crippen LogP contribution >= 0.6 is 23.2 Å². The van der Waals surface area contributed by atoms with E-state index in [1.165, 1.54) is 12.1 Å². The molecule has 0 bridgehead atoms. The van der Waals surface area contributed by atoms with Crippen LogP contribution in [0.15, 0.2) is 54.7 Å². The largest absolute Gasteiger partial charge is 0.480 e. The molecule has 1 atom stereocenters. The molecular formula is C24H21Cl2N3O4. The second kappa shape index (κ2) is 10.5. The average molecular weight is 486 g/mol. The molecule has 0 aliphatic carbocycles. The van der Waals surface area contributed by atoms with E-state index in [-0.39, 0.29) is 27.9 Å². The van der Waals surface area contributed by atoms with Crippen LogP contribution in [0.25, 0.3) is 0 Å². The number of carboxylic acids is 1. The van der Waals surface area contributed by atoms with E-state index in [9.17, 15) is 19.5 Å². The molecule has 0 spiro atoms. The van der Waals surface area contributed by atoms with Crippen molar-refractivity contribution in [3.63, 3.8) is 0 Å². The van der Waals surface area contributed by atoms with Crippen LogP contribution in [0.5, 0.6) is 0 Å². The topological polar surface area (TPSA) is 108 Å². The maximum absolute atomic E-state index is 12.6. The zero-order chi connectivity index (χ0) is 24.1. The van der Waals surface area contributed by atoms with E-state index in [2.05, 4.69) is 15.6 Å². The number of hydrogen-bond donors (Lipinski definition) is 3. The number of benzene rings is 2. The van der Waals surface area contributed by atoms with E-state index < -0.39 is 17.9 Å². The lowest BCUT2D eigenvalue weighted by molar-refractivity contribution is -0.139. The lowest BCUT2D eigenvalue weighted by Gasteiger charge is -2.16. The zero-order valence-electron chi connectivity index (χ0n) is 17.9. The molecule has 0 saturated heterocycles. The third kappa shape index (κ3) is 5.88. The summed E-state index contributed by atoms with van der Waals surface area (Å²) < 4.78 is 0. The van der Waals surface area contributed by atoms with Crippen molar-refractivity contribution in [1.29, 1.82) is 0 Å². The van der Waals surface area contributed by atoms with Gasteiger partial charge in [-0.1, -0.05) is 41.4 Å². The van der Waals surface area contributed by atoms with Gasteiger partial charge in [-0.25, -0.2) is 4.79 Å². The molecule has 3 aromatic rings. The highest BCUT2D eigenvalue weighted by atomic mass is 35.5. The van der Waals surface area contributed by atoms with Crippen LogP contribution in [0, 0.1) is 13.8 Å². The van der Waals surface area contributed by atoms with Crippen molar-refractivity contribution in [2.75, 3.05) is 5.32 Å². The first-order valence-electron chi connectivity index (χ1n) is 9.97. The van der Waals surface area contributed by atoms with Gasteiger partial charge in [-0.15, -0.1) is 0 Å². The maximum atomic E-state index is 12.6. The molecule has 0 aliphatic heterocycles. The number of aryl methyl sites for hydroxylation is 2. The van der Waals surface area contributed by atoms with Crippen molar-refractivity contribution in [3.8, 4) is 0 Å². The van der Waals surface area contributed by atoms with Crippen LogP contribution in [0.4, 0.5) is 5.69 Å². The number of aromatic nitrogens is 1. The Balaban J connectivity index is 1.70. The molecule has 0 aliphatic rings. The van der Waals surface area contributed by atoms with E-state index in [1.54, 1.807) is 49.5 Å². The van der Waals surface area contributed by atoms with Crippen molar-refractivity contribution in [2.24, 2.45) is 0 Å². The molecule has 0 radical (unpaired) electrons. The number of carboxylic acid groups (broad SMARTS) is 1. The summed E-state index contributed by atoms with van der Waals surface area (Å²) in [5, 5.41) is 15.1. The number of carbonyl (C=O) groups excluding carboxylic acids is 2. The fourth-order valence-corrected chi connectivity index (χ4v) is 3.91. The molecule has 0 fully saturated rings. The standard InChI is InChI=1S/C24H21Cl2N3O4/c1-13-10-11-27-14(2)20(13)22(30)28-16-8-6-15(7-9-16)12-19(24(32)33)29-23(31)21-17(25)4-3-5-18(21)26/h3-11,19H,12H2,1-2H3,(H,28,30)(H,29,31)(H,32,33). The molecule has 2 aromatic carbocycles. The predicted octanol–water partition coefficient (Wildman–Crippen LogP) is 4.68. The Morgan fingerprint density at radius 3 is 2.15 bits per heavy atom. The Labute approximate surface area is 200 Å². The molecule has 3 N–H and O–H groups in total. The van der Waals surface area contributed by atoms with Gasteiger partial charge in [0.2, 0.25) is 0 Å². The van der Waals surface area contributed by atoms with Gasteiger partial charge in [0.15, 0.2) is 0 Å². The van der Waals surface area contributed by atoms with E-state index >= 15 is 0 Å². The van der Waals surface area contributed by atoms with Crippen LogP contribution in [-0.4, -0.2) is 33.9 Å². The van der Waals surface area contributed by atoms with E-state index in [0.717, 1.165) is 5.56 Å². The number of nitrogens with zero attached hydrogens (tertiary/aromatic N) is 1. The van der Waals surface area contributed by atoms with Gasteiger partial charge >= 0.3 is 5.97 Å². The van der Waals surface area contributed by atoms with Crippen LogP contribution in [0.1, 0.15) is 37.5 Å². The van der Waals surface area contributed by atoms with Gasteiger partial charge in [-0.2, -0.15) is 0 Å². The van der Waals surface area contributed by atoms with Gasteiger partial charge in [0.25, 0.3) is 11.8 Å². The number of rotatable bonds is 7. The van der Waals surface area contributed by atoms with Gasteiger partial charge in [-0.3, -0.25) is 14.6 Å². The van der Waals surface area contributed by atoms with Crippen molar-refractivity contribution in [1.82, 2.24) is 10.3 Å². The Kier molecular flexibility index (Phi) is 7.68. The van der Waals surface area contributed by atoms with Gasteiger partial charge in [-0.05, 0) is 55.3 Å². The minimum atomic E-state index is -1.20. The summed E-state index contributed by atoms with van der Waals surface area (Å²) >= 11 is 12.1. The molecule has 1 heterocycles. The van der Waals surface area contributed by atoms with Crippen LogP contribution in [0.2, 0.25) is 10.0 Å². The summed E-state index contributed by atoms with van der Waals surface area (Å²) in [6.45, 7) is 3.60. The molecule has 33 heavy (non-hydrogen) atoms. The third-order valence-electron chi connectivity index (χ3n) is 5.02. The Hall–Kier alpha value is -3.42. The highest BCUT2D eigenvalue weighted by Gasteiger charge is 2.24. The summed E-state index contributed by atoms with van der Waals surface area (Å²) in [5.74, 6) is -2.16. The quantitative estimate of drug-likeness (QED) is 0.449. The number of pyridine rings is 1. The zero-order valence-corrected chi connectivity index (χ0v) is 19.4. The second-order valence-corrected chi connectivity index (χ2v) is 8.22. The number of anilines is 1. The SMILES string of the molecule is Cc1ccnc(C)c1C(=O)Nc1ccc(CC(NC(=O)c2c(Cl)cccc2Cl)C(=O)O)cc1. The second-order valence-electron chi connectivity index (χ2n) is 7.40. The van der Waals surface area contributed by atoms with Gasteiger partial charge < -0.3 is 15.7 Å². The lowest BCUT2D eigenvalue weighted by Crippen LogP contribution is -2.42. The van der Waals surface area contributed by atoms with Gasteiger partial charge in [0, 0.05) is 18.3 Å². The molecule has 9 heteroatoms. The Bertz CT molecular complexity index is 1170. The summed E-state index contributed by atoms with van der Waals surface area (Å²) in [7, 11) is 0. The molecule has 0 saturated carbocycles. The molecule has 1 aromatic heterocycles. The number of carbonyl (C=O) groups is 3. The monoisotopic (exact) mass is 485 g/mol. The molecule has 170 valence electrons. The molecule has 7 nitrogen and oxygen atoms in total. The van der Waals surface area contributed by atoms with Crippen LogP contribution < -0.4 is 10.6 Å². The summed E-state index contributed by atoms with van der Waals surface area (Å²) in [6.07, 6.45) is 1.67. The number of amides is 2. The highest BCUT2D eigenvalue weighted by Crippen LogP contribution is 2.24. The highest BCUT2D eigenvalue weighted by molar-refractivity contribution is 6.39. The van der Waals surface area contributed by atoms with Crippen molar-refractivity contribution < 1.29 is 19.5 Å². The summed E-state index contributed by atoms with van der Waals surface area (Å²) in [5.41, 5.74) is 3.17. The average Bonchev–Trinajstić information content (AvgIpc) is 2.74. The minimum absolute atomic E-state index is 0.0196. The summed E-state index contributed by atoms with van der Waals surface area (Å²) in [4.78, 5) is 41.1. The molecule has 2 amide bonds. The van der Waals surface area contributed by atoms with Crippen molar-refractivity contribution in [2.45, 2.75) is 26.3 Å². The number of halogens is 2. The third-order valence-corrected chi connectivity index (χ3v) is 5.65. The Morgan fingerprint density at radius 2 is 1.58 bits per heavy atom. The Morgan fingerprint density at radius 1 is 0.939 bits per heavy atom. The number of nitrogens with one attached hydrogen (secondary N) is 2. The fourth-order valence-electron chi connectivity index (χ4n) is 3.34.